The lowest BCUT2D eigenvalue weighted by Gasteiger charge is -2.21. The second-order valence-corrected chi connectivity index (χ2v) is 7.44. The second-order valence-electron chi connectivity index (χ2n) is 6.38. The first-order valence-corrected chi connectivity index (χ1v) is 8.45. The van der Waals surface area contributed by atoms with Crippen LogP contribution < -0.4 is 11.1 Å². The van der Waals surface area contributed by atoms with E-state index in [4.69, 9.17) is 5.73 Å². The lowest BCUT2D eigenvalue weighted by molar-refractivity contribution is 0.0942. The number of nitrogens with two attached hydrogens (primary N) is 1. The van der Waals surface area contributed by atoms with Gasteiger partial charge in [-0.25, -0.2) is 4.98 Å². The van der Waals surface area contributed by atoms with Crippen LogP contribution in [0.2, 0.25) is 0 Å². The maximum absolute atomic E-state index is 12.3. The SMILES string of the molecule is Nc1nc2ccc(C(=O)NCC3CC4CCC3C4)cc2s1. The number of hydrogen-bond donors (Lipinski definition) is 2. The van der Waals surface area contributed by atoms with E-state index in [1.807, 2.05) is 18.2 Å². The first-order chi connectivity index (χ1) is 10.2. The van der Waals surface area contributed by atoms with Gasteiger partial charge in [-0.05, 0) is 55.2 Å². The van der Waals surface area contributed by atoms with E-state index in [-0.39, 0.29) is 5.91 Å². The molecular weight excluding hydrogens is 282 g/mol. The number of hydrogen-bond acceptors (Lipinski definition) is 4. The monoisotopic (exact) mass is 301 g/mol. The summed E-state index contributed by atoms with van der Waals surface area (Å²) in [5.74, 6) is 2.48. The van der Waals surface area contributed by atoms with E-state index < -0.39 is 0 Å². The summed E-state index contributed by atoms with van der Waals surface area (Å²) < 4.78 is 0.972. The molecule has 2 saturated carbocycles. The largest absolute Gasteiger partial charge is 0.375 e. The number of fused-ring (bicyclic) bond motifs is 3. The fourth-order valence-electron chi connectivity index (χ4n) is 4.04. The second kappa shape index (κ2) is 4.98. The zero-order valence-electron chi connectivity index (χ0n) is 11.8. The Labute approximate surface area is 127 Å². The molecule has 110 valence electrons. The van der Waals surface area contributed by atoms with Crippen molar-refractivity contribution < 1.29 is 4.79 Å². The molecule has 0 radical (unpaired) electrons. The average Bonchev–Trinajstić information content (AvgIpc) is 3.17. The van der Waals surface area contributed by atoms with Crippen LogP contribution in [0.3, 0.4) is 0 Å². The van der Waals surface area contributed by atoms with Crippen molar-refractivity contribution in [3.05, 3.63) is 23.8 Å². The predicted molar refractivity (Wildman–Crippen MR) is 85.3 cm³/mol. The van der Waals surface area contributed by atoms with Crippen LogP contribution in [0.5, 0.6) is 0 Å². The molecule has 1 amide bonds. The van der Waals surface area contributed by atoms with E-state index in [2.05, 4.69) is 10.3 Å². The number of thiazole rings is 1. The fraction of sp³-hybridized carbons (Fsp3) is 0.500. The van der Waals surface area contributed by atoms with Gasteiger partial charge < -0.3 is 11.1 Å². The van der Waals surface area contributed by atoms with Crippen molar-refractivity contribution in [3.8, 4) is 0 Å². The van der Waals surface area contributed by atoms with Gasteiger partial charge in [0.05, 0.1) is 10.2 Å². The standard InChI is InChI=1S/C16H19N3OS/c17-16-19-13-4-3-11(7-14(13)21-16)15(20)18-8-12-6-9-1-2-10(12)5-9/h3-4,7,9-10,12H,1-2,5-6,8H2,(H2,17,19)(H,18,20). The van der Waals surface area contributed by atoms with Gasteiger partial charge in [-0.15, -0.1) is 0 Å². The van der Waals surface area contributed by atoms with Crippen molar-refractivity contribution in [1.29, 1.82) is 0 Å². The maximum atomic E-state index is 12.3. The van der Waals surface area contributed by atoms with Crippen LogP contribution in [0.25, 0.3) is 10.2 Å². The molecule has 1 aromatic heterocycles. The first kappa shape index (κ1) is 13.1. The molecule has 4 nitrogen and oxygen atoms in total. The van der Waals surface area contributed by atoms with E-state index in [0.29, 0.717) is 16.6 Å². The van der Waals surface area contributed by atoms with Gasteiger partial charge in [0, 0.05) is 12.1 Å². The van der Waals surface area contributed by atoms with Crippen molar-refractivity contribution in [2.45, 2.75) is 25.7 Å². The molecule has 0 aliphatic heterocycles. The number of rotatable bonds is 3. The number of amides is 1. The van der Waals surface area contributed by atoms with Gasteiger partial charge >= 0.3 is 0 Å². The lowest BCUT2D eigenvalue weighted by Crippen LogP contribution is -2.31. The molecule has 3 N–H and O–H groups in total. The molecule has 2 fully saturated rings. The third-order valence-corrected chi connectivity index (χ3v) is 5.92. The number of carbonyl (C=O) groups excluding carboxylic acids is 1. The fourth-order valence-corrected chi connectivity index (χ4v) is 4.81. The number of aromatic nitrogens is 1. The summed E-state index contributed by atoms with van der Waals surface area (Å²) in [5.41, 5.74) is 7.27. The molecule has 4 rings (SSSR count). The number of nitrogens with one attached hydrogen (secondary N) is 1. The number of nitrogens with zero attached hydrogens (tertiary/aromatic N) is 1. The molecular formula is C16H19N3OS. The molecule has 2 bridgehead atoms. The first-order valence-electron chi connectivity index (χ1n) is 7.63. The summed E-state index contributed by atoms with van der Waals surface area (Å²) in [7, 11) is 0. The summed E-state index contributed by atoms with van der Waals surface area (Å²) in [6.07, 6.45) is 5.44. The Bertz CT molecular complexity index is 696. The Morgan fingerprint density at radius 2 is 2.29 bits per heavy atom. The van der Waals surface area contributed by atoms with E-state index in [9.17, 15) is 4.79 Å². The number of benzene rings is 1. The van der Waals surface area contributed by atoms with Crippen LogP contribution in [0, 0.1) is 17.8 Å². The number of nitrogen functional groups attached to an aromatic ring is 1. The van der Waals surface area contributed by atoms with Crippen LogP contribution in [-0.4, -0.2) is 17.4 Å². The smallest absolute Gasteiger partial charge is 0.251 e. The molecule has 2 aromatic rings. The van der Waals surface area contributed by atoms with Gasteiger partial charge in [0.15, 0.2) is 5.13 Å². The summed E-state index contributed by atoms with van der Waals surface area (Å²) in [4.78, 5) is 16.5. The van der Waals surface area contributed by atoms with Crippen molar-refractivity contribution in [3.63, 3.8) is 0 Å². The van der Waals surface area contributed by atoms with Gasteiger partial charge in [0.2, 0.25) is 0 Å². The van der Waals surface area contributed by atoms with Crippen LogP contribution >= 0.6 is 11.3 Å². The van der Waals surface area contributed by atoms with Gasteiger partial charge in [0.1, 0.15) is 0 Å². The molecule has 1 aromatic carbocycles. The van der Waals surface area contributed by atoms with E-state index in [0.717, 1.165) is 28.6 Å². The zero-order valence-corrected chi connectivity index (χ0v) is 12.7. The minimum absolute atomic E-state index is 0.0200. The molecule has 5 heteroatoms. The summed E-state index contributed by atoms with van der Waals surface area (Å²) in [5, 5.41) is 3.66. The van der Waals surface area contributed by atoms with Gasteiger partial charge in [-0.2, -0.15) is 0 Å². The van der Waals surface area contributed by atoms with Gasteiger partial charge in [-0.1, -0.05) is 17.8 Å². The Kier molecular flexibility index (Phi) is 3.10. The Morgan fingerprint density at radius 1 is 1.38 bits per heavy atom. The molecule has 2 aliphatic rings. The summed E-state index contributed by atoms with van der Waals surface area (Å²) >= 11 is 1.42. The Morgan fingerprint density at radius 3 is 3.05 bits per heavy atom. The molecule has 1 heterocycles. The molecule has 3 atom stereocenters. The highest BCUT2D eigenvalue weighted by molar-refractivity contribution is 7.22. The van der Waals surface area contributed by atoms with Crippen molar-refractivity contribution in [2.24, 2.45) is 17.8 Å². The molecule has 0 spiro atoms. The minimum Gasteiger partial charge on any atom is -0.375 e. The quantitative estimate of drug-likeness (QED) is 0.915. The van der Waals surface area contributed by atoms with Gasteiger partial charge in [0.25, 0.3) is 5.91 Å². The van der Waals surface area contributed by atoms with E-state index >= 15 is 0 Å². The van der Waals surface area contributed by atoms with E-state index in [1.54, 1.807) is 0 Å². The zero-order chi connectivity index (χ0) is 14.4. The van der Waals surface area contributed by atoms with E-state index in [1.165, 1.54) is 37.0 Å². The highest BCUT2D eigenvalue weighted by Gasteiger charge is 2.39. The van der Waals surface area contributed by atoms with Crippen molar-refractivity contribution in [2.75, 3.05) is 12.3 Å². The molecule has 2 aliphatic carbocycles. The van der Waals surface area contributed by atoms with Crippen molar-refractivity contribution >= 4 is 32.6 Å². The predicted octanol–water partition coefficient (Wildman–Crippen LogP) is 3.04. The van der Waals surface area contributed by atoms with Crippen LogP contribution in [-0.2, 0) is 0 Å². The van der Waals surface area contributed by atoms with Crippen LogP contribution in [0.15, 0.2) is 18.2 Å². The average molecular weight is 301 g/mol. The highest BCUT2D eigenvalue weighted by atomic mass is 32.1. The third kappa shape index (κ3) is 2.39. The summed E-state index contributed by atoms with van der Waals surface area (Å²) in [6.45, 7) is 0.822. The minimum atomic E-state index is 0.0200. The van der Waals surface area contributed by atoms with Crippen molar-refractivity contribution in [1.82, 2.24) is 10.3 Å². The Balaban J connectivity index is 1.43. The normalized spacial score (nSPS) is 27.3. The van der Waals surface area contributed by atoms with Gasteiger partial charge in [-0.3, -0.25) is 4.79 Å². The molecule has 3 unspecified atom stereocenters. The maximum Gasteiger partial charge on any atom is 0.251 e. The highest BCUT2D eigenvalue weighted by Crippen LogP contribution is 2.47. The molecule has 0 saturated heterocycles. The lowest BCUT2D eigenvalue weighted by atomic mass is 9.89. The summed E-state index contributed by atoms with van der Waals surface area (Å²) in [6, 6.07) is 5.59. The number of anilines is 1. The third-order valence-electron chi connectivity index (χ3n) is 5.08. The molecule has 21 heavy (non-hydrogen) atoms. The number of carbonyl (C=O) groups is 1. The topological polar surface area (TPSA) is 68.0 Å². The Hall–Kier alpha value is -1.62. The van der Waals surface area contributed by atoms with Crippen LogP contribution in [0.4, 0.5) is 5.13 Å². The van der Waals surface area contributed by atoms with Crippen LogP contribution in [0.1, 0.15) is 36.0 Å².